The van der Waals surface area contributed by atoms with Crippen molar-refractivity contribution in [3.63, 3.8) is 0 Å². The molecule has 2 rings (SSSR count). The summed E-state index contributed by atoms with van der Waals surface area (Å²) in [5.74, 6) is 0.412. The average Bonchev–Trinajstić information content (AvgIpc) is 2.45. The molecule has 0 spiro atoms. The highest BCUT2D eigenvalue weighted by Crippen LogP contribution is 2.29. The first kappa shape index (κ1) is 14.8. The van der Waals surface area contributed by atoms with E-state index in [4.69, 9.17) is 16.3 Å². The Kier molecular flexibility index (Phi) is 4.63. The lowest BCUT2D eigenvalue weighted by atomic mass is 9.95. The van der Waals surface area contributed by atoms with Crippen LogP contribution >= 0.6 is 11.6 Å². The van der Waals surface area contributed by atoms with Gasteiger partial charge in [-0.1, -0.05) is 23.7 Å². The minimum Gasteiger partial charge on any atom is -0.497 e. The van der Waals surface area contributed by atoms with Gasteiger partial charge >= 0.3 is 0 Å². The molecule has 0 amide bonds. The maximum Gasteiger partial charge on any atom is 0.141 e. The van der Waals surface area contributed by atoms with Crippen molar-refractivity contribution in [2.45, 2.75) is 13.0 Å². The molecule has 0 aliphatic carbocycles. The van der Waals surface area contributed by atoms with Gasteiger partial charge in [0, 0.05) is 0 Å². The summed E-state index contributed by atoms with van der Waals surface area (Å²) in [6.07, 6.45) is 0. The molecule has 0 aromatic heterocycles. The second-order valence-corrected chi connectivity index (χ2v) is 5.02. The Morgan fingerprint density at radius 3 is 2.50 bits per heavy atom. The van der Waals surface area contributed by atoms with Gasteiger partial charge in [-0.3, -0.25) is 0 Å². The summed E-state index contributed by atoms with van der Waals surface area (Å²) < 4.78 is 18.5. The summed E-state index contributed by atoms with van der Waals surface area (Å²) in [5.41, 5.74) is 3.13. The van der Waals surface area contributed by atoms with Crippen LogP contribution < -0.4 is 10.1 Å². The molecule has 0 heterocycles. The van der Waals surface area contributed by atoms with Crippen molar-refractivity contribution in [2.75, 3.05) is 14.2 Å². The molecule has 106 valence electrons. The Bertz CT molecular complexity index is 615. The highest BCUT2D eigenvalue weighted by atomic mass is 35.5. The third-order valence-corrected chi connectivity index (χ3v) is 3.64. The van der Waals surface area contributed by atoms with Crippen LogP contribution in [0, 0.1) is 12.7 Å². The molecule has 2 aromatic rings. The van der Waals surface area contributed by atoms with E-state index in [0.29, 0.717) is 0 Å². The molecule has 0 bridgehead atoms. The Morgan fingerprint density at radius 2 is 1.95 bits per heavy atom. The first-order chi connectivity index (χ1) is 9.56. The summed E-state index contributed by atoms with van der Waals surface area (Å²) in [4.78, 5) is 0. The predicted molar refractivity (Wildman–Crippen MR) is 80.0 cm³/mol. The molecule has 1 atom stereocenters. The first-order valence-corrected chi connectivity index (χ1v) is 6.71. The van der Waals surface area contributed by atoms with Gasteiger partial charge < -0.3 is 10.1 Å². The van der Waals surface area contributed by atoms with Crippen molar-refractivity contribution >= 4 is 11.6 Å². The molecule has 4 heteroatoms. The van der Waals surface area contributed by atoms with E-state index in [1.54, 1.807) is 19.2 Å². The molecule has 0 aliphatic heterocycles. The zero-order valence-electron chi connectivity index (χ0n) is 11.7. The summed E-state index contributed by atoms with van der Waals surface area (Å²) in [6.45, 7) is 2.02. The fraction of sp³-hybridized carbons (Fsp3) is 0.250. The van der Waals surface area contributed by atoms with Crippen molar-refractivity contribution in [1.82, 2.24) is 5.32 Å². The van der Waals surface area contributed by atoms with Crippen LogP contribution in [0.3, 0.4) is 0 Å². The van der Waals surface area contributed by atoms with Gasteiger partial charge in [-0.15, -0.1) is 0 Å². The Morgan fingerprint density at radius 1 is 1.20 bits per heavy atom. The Labute approximate surface area is 123 Å². The van der Waals surface area contributed by atoms with E-state index >= 15 is 0 Å². The maximum absolute atomic E-state index is 13.3. The summed E-state index contributed by atoms with van der Waals surface area (Å²) >= 11 is 5.87. The van der Waals surface area contributed by atoms with Gasteiger partial charge in [0.2, 0.25) is 0 Å². The van der Waals surface area contributed by atoms with Crippen molar-refractivity contribution in [3.05, 3.63) is 63.9 Å². The van der Waals surface area contributed by atoms with E-state index in [1.807, 2.05) is 32.2 Å². The molecule has 0 saturated heterocycles. The van der Waals surface area contributed by atoms with Crippen LogP contribution in [0.2, 0.25) is 5.02 Å². The lowest BCUT2D eigenvalue weighted by Crippen LogP contribution is -2.18. The molecule has 0 saturated carbocycles. The number of hydrogen-bond donors (Lipinski definition) is 1. The van der Waals surface area contributed by atoms with E-state index in [1.165, 1.54) is 6.07 Å². The number of benzene rings is 2. The third kappa shape index (κ3) is 2.94. The van der Waals surface area contributed by atoms with Gasteiger partial charge in [-0.25, -0.2) is 4.39 Å². The SMILES string of the molecule is CNC(c1ccc(F)c(Cl)c1)c1ccc(OC)cc1C. The quantitative estimate of drug-likeness (QED) is 0.916. The smallest absolute Gasteiger partial charge is 0.141 e. The molecule has 0 aliphatic rings. The van der Waals surface area contributed by atoms with Gasteiger partial charge in [-0.05, 0) is 54.9 Å². The molecule has 0 radical (unpaired) electrons. The van der Waals surface area contributed by atoms with Crippen LogP contribution in [-0.2, 0) is 0 Å². The van der Waals surface area contributed by atoms with Gasteiger partial charge in [0.25, 0.3) is 0 Å². The van der Waals surface area contributed by atoms with Gasteiger partial charge in [0.15, 0.2) is 0 Å². The van der Waals surface area contributed by atoms with Crippen LogP contribution in [0.15, 0.2) is 36.4 Å². The molecular weight excluding hydrogens is 277 g/mol. The number of methoxy groups -OCH3 is 1. The van der Waals surface area contributed by atoms with Crippen molar-refractivity contribution in [1.29, 1.82) is 0 Å². The number of nitrogens with one attached hydrogen (secondary N) is 1. The third-order valence-electron chi connectivity index (χ3n) is 3.35. The van der Waals surface area contributed by atoms with E-state index in [2.05, 4.69) is 5.32 Å². The van der Waals surface area contributed by atoms with Gasteiger partial charge in [0.05, 0.1) is 18.2 Å². The van der Waals surface area contributed by atoms with Gasteiger partial charge in [-0.2, -0.15) is 0 Å². The summed E-state index contributed by atoms with van der Waals surface area (Å²) in [7, 11) is 3.51. The van der Waals surface area contributed by atoms with Crippen LogP contribution in [0.25, 0.3) is 0 Å². The fourth-order valence-electron chi connectivity index (χ4n) is 2.29. The molecule has 0 fully saturated rings. The molecule has 2 nitrogen and oxygen atoms in total. The van der Waals surface area contributed by atoms with E-state index in [9.17, 15) is 4.39 Å². The Balaban J connectivity index is 2.43. The van der Waals surface area contributed by atoms with Crippen LogP contribution in [-0.4, -0.2) is 14.2 Å². The molecule has 1 unspecified atom stereocenters. The normalized spacial score (nSPS) is 12.2. The van der Waals surface area contributed by atoms with Crippen LogP contribution in [0.1, 0.15) is 22.7 Å². The monoisotopic (exact) mass is 293 g/mol. The highest BCUT2D eigenvalue weighted by Gasteiger charge is 2.16. The number of ether oxygens (including phenoxy) is 1. The Hall–Kier alpha value is -1.58. The van der Waals surface area contributed by atoms with Crippen molar-refractivity contribution in [3.8, 4) is 5.75 Å². The highest BCUT2D eigenvalue weighted by molar-refractivity contribution is 6.30. The summed E-state index contributed by atoms with van der Waals surface area (Å²) in [6, 6.07) is 10.6. The average molecular weight is 294 g/mol. The van der Waals surface area contributed by atoms with Crippen molar-refractivity contribution < 1.29 is 9.13 Å². The minimum atomic E-state index is -0.406. The van der Waals surface area contributed by atoms with Crippen LogP contribution in [0.5, 0.6) is 5.75 Å². The van der Waals surface area contributed by atoms with E-state index < -0.39 is 5.82 Å². The second kappa shape index (κ2) is 6.25. The molecule has 1 N–H and O–H groups in total. The standard InChI is InChI=1S/C16H17ClFNO/c1-10-8-12(20-3)5-6-13(10)16(19-2)11-4-7-15(18)14(17)9-11/h4-9,16,19H,1-3H3. The number of halogens is 2. The zero-order chi connectivity index (χ0) is 14.7. The van der Waals surface area contributed by atoms with Crippen molar-refractivity contribution in [2.24, 2.45) is 0 Å². The fourth-order valence-corrected chi connectivity index (χ4v) is 2.48. The topological polar surface area (TPSA) is 21.3 Å². The first-order valence-electron chi connectivity index (χ1n) is 6.33. The number of aryl methyl sites for hydroxylation is 1. The largest absolute Gasteiger partial charge is 0.497 e. The van der Waals surface area contributed by atoms with E-state index in [-0.39, 0.29) is 11.1 Å². The number of rotatable bonds is 4. The summed E-state index contributed by atoms with van der Waals surface area (Å²) in [5, 5.41) is 3.37. The molecule has 20 heavy (non-hydrogen) atoms. The molecule has 2 aromatic carbocycles. The van der Waals surface area contributed by atoms with Gasteiger partial charge in [0.1, 0.15) is 11.6 Å². The lowest BCUT2D eigenvalue weighted by Gasteiger charge is -2.20. The lowest BCUT2D eigenvalue weighted by molar-refractivity contribution is 0.414. The van der Waals surface area contributed by atoms with Crippen LogP contribution in [0.4, 0.5) is 4.39 Å². The second-order valence-electron chi connectivity index (χ2n) is 4.62. The zero-order valence-corrected chi connectivity index (χ0v) is 12.5. The van der Waals surface area contributed by atoms with E-state index in [0.717, 1.165) is 22.4 Å². The number of hydrogen-bond acceptors (Lipinski definition) is 2. The minimum absolute atomic E-state index is 0.0426. The maximum atomic E-state index is 13.3. The molecular formula is C16H17ClFNO. The predicted octanol–water partition coefficient (Wildman–Crippen LogP) is 4.10.